The van der Waals surface area contributed by atoms with Crippen molar-refractivity contribution in [3.05, 3.63) is 73.1 Å². The fourth-order valence-electron chi connectivity index (χ4n) is 2.53. The Labute approximate surface area is 107 Å². The third kappa shape index (κ3) is 1.50. The molecule has 0 radical (unpaired) electrons. The molecule has 0 fully saturated rings. The Balaban J connectivity index is 2.22. The van der Waals surface area contributed by atoms with Gasteiger partial charge >= 0.3 is 0 Å². The standard InChI is InChI=1S/C16H15N2/c1-2-12-18(16-9-5-6-11-17-16)13-10-14-7-3-4-8-15(14)18/h2-11,13H,1,12H2/q+1. The number of hydrogen-bond donors (Lipinski definition) is 0. The second-order valence-electron chi connectivity index (χ2n) is 4.40. The minimum absolute atomic E-state index is 0.626. The van der Waals surface area contributed by atoms with Crippen molar-refractivity contribution in [2.45, 2.75) is 0 Å². The van der Waals surface area contributed by atoms with Crippen LogP contribution in [0.3, 0.4) is 0 Å². The van der Waals surface area contributed by atoms with E-state index in [4.69, 9.17) is 0 Å². The van der Waals surface area contributed by atoms with E-state index in [1.54, 1.807) is 0 Å². The second kappa shape index (κ2) is 4.24. The smallest absolute Gasteiger partial charge is 0.213 e. The molecular weight excluding hydrogens is 220 g/mol. The minimum atomic E-state index is 0.626. The molecule has 0 spiro atoms. The number of rotatable bonds is 3. The molecule has 1 unspecified atom stereocenters. The van der Waals surface area contributed by atoms with E-state index in [2.05, 4.69) is 54.2 Å². The Morgan fingerprint density at radius 2 is 1.94 bits per heavy atom. The fraction of sp³-hybridized carbons (Fsp3) is 0.0625. The van der Waals surface area contributed by atoms with E-state index in [9.17, 15) is 0 Å². The first kappa shape index (κ1) is 10.9. The molecule has 1 aliphatic heterocycles. The van der Waals surface area contributed by atoms with Crippen LogP contribution in [0.1, 0.15) is 5.56 Å². The van der Waals surface area contributed by atoms with Gasteiger partial charge < -0.3 is 0 Å². The molecule has 2 heterocycles. The van der Waals surface area contributed by atoms with Crippen molar-refractivity contribution >= 4 is 17.6 Å². The Hall–Kier alpha value is -2.19. The van der Waals surface area contributed by atoms with E-state index >= 15 is 0 Å². The largest absolute Gasteiger partial charge is 0.237 e. The van der Waals surface area contributed by atoms with Crippen molar-refractivity contribution in [3.63, 3.8) is 0 Å². The molecule has 1 atom stereocenters. The van der Waals surface area contributed by atoms with Gasteiger partial charge in [-0.2, -0.15) is 0 Å². The molecule has 0 N–H and O–H groups in total. The van der Waals surface area contributed by atoms with Crippen LogP contribution in [-0.2, 0) is 0 Å². The molecule has 0 aliphatic carbocycles. The number of para-hydroxylation sites is 1. The average molecular weight is 235 g/mol. The highest BCUT2D eigenvalue weighted by atomic mass is 15.4. The zero-order chi connectivity index (χ0) is 12.4. The molecule has 1 aliphatic rings. The van der Waals surface area contributed by atoms with Crippen LogP contribution in [-0.4, -0.2) is 11.5 Å². The van der Waals surface area contributed by atoms with Crippen LogP contribution in [0.4, 0.5) is 11.5 Å². The van der Waals surface area contributed by atoms with Crippen molar-refractivity contribution in [1.29, 1.82) is 0 Å². The van der Waals surface area contributed by atoms with E-state index in [1.165, 1.54) is 11.3 Å². The quantitative estimate of drug-likeness (QED) is 0.581. The van der Waals surface area contributed by atoms with Crippen LogP contribution >= 0.6 is 0 Å². The van der Waals surface area contributed by atoms with E-state index in [-0.39, 0.29) is 0 Å². The normalized spacial score (nSPS) is 20.7. The van der Waals surface area contributed by atoms with E-state index in [1.807, 2.05) is 24.4 Å². The summed E-state index contributed by atoms with van der Waals surface area (Å²) in [5, 5.41) is 0. The second-order valence-corrected chi connectivity index (χ2v) is 4.40. The molecule has 2 nitrogen and oxygen atoms in total. The van der Waals surface area contributed by atoms with Crippen molar-refractivity contribution in [1.82, 2.24) is 9.47 Å². The first-order chi connectivity index (χ1) is 8.87. The molecular formula is C16H15N2+. The number of aromatic nitrogens is 1. The molecule has 0 bridgehead atoms. The molecule has 3 rings (SSSR count). The van der Waals surface area contributed by atoms with Crippen LogP contribution < -0.4 is 4.48 Å². The molecule has 88 valence electrons. The van der Waals surface area contributed by atoms with Crippen LogP contribution in [0.25, 0.3) is 6.08 Å². The summed E-state index contributed by atoms with van der Waals surface area (Å²) in [5.41, 5.74) is 2.51. The molecule has 2 heteroatoms. The fourth-order valence-corrected chi connectivity index (χ4v) is 2.53. The van der Waals surface area contributed by atoms with Crippen LogP contribution in [0.15, 0.2) is 67.5 Å². The highest BCUT2D eigenvalue weighted by Crippen LogP contribution is 2.41. The monoisotopic (exact) mass is 235 g/mol. The van der Waals surface area contributed by atoms with Crippen molar-refractivity contribution in [3.8, 4) is 0 Å². The summed E-state index contributed by atoms with van der Waals surface area (Å²) in [6.07, 6.45) is 8.14. The Bertz CT molecular complexity index is 602. The molecule has 1 aromatic carbocycles. The van der Waals surface area contributed by atoms with Gasteiger partial charge in [0, 0.05) is 30.0 Å². The average Bonchev–Trinajstić information content (AvgIpc) is 2.81. The summed E-state index contributed by atoms with van der Waals surface area (Å²) in [4.78, 5) is 4.52. The molecule has 0 saturated heterocycles. The zero-order valence-corrected chi connectivity index (χ0v) is 10.2. The summed E-state index contributed by atoms with van der Waals surface area (Å²) in [7, 11) is 0. The lowest BCUT2D eigenvalue weighted by Gasteiger charge is -2.29. The van der Waals surface area contributed by atoms with Gasteiger partial charge in [0.05, 0.1) is 0 Å². The van der Waals surface area contributed by atoms with Gasteiger partial charge in [-0.05, 0) is 18.2 Å². The predicted octanol–water partition coefficient (Wildman–Crippen LogP) is 3.89. The highest BCUT2D eigenvalue weighted by molar-refractivity contribution is 5.78. The number of pyridine rings is 1. The van der Waals surface area contributed by atoms with Crippen molar-refractivity contribution in [2.24, 2.45) is 0 Å². The maximum absolute atomic E-state index is 4.52. The summed E-state index contributed by atoms with van der Waals surface area (Å²) in [6.45, 7) is 4.70. The summed E-state index contributed by atoms with van der Waals surface area (Å²) >= 11 is 0. The molecule has 2 aromatic rings. The van der Waals surface area contributed by atoms with Crippen LogP contribution in [0, 0.1) is 0 Å². The summed E-state index contributed by atoms with van der Waals surface area (Å²) < 4.78 is 0.626. The van der Waals surface area contributed by atoms with Gasteiger partial charge in [-0.15, -0.1) is 0 Å². The first-order valence-corrected chi connectivity index (χ1v) is 6.06. The third-order valence-electron chi connectivity index (χ3n) is 3.35. The van der Waals surface area contributed by atoms with Gasteiger partial charge in [-0.1, -0.05) is 24.8 Å². The zero-order valence-electron chi connectivity index (χ0n) is 10.2. The third-order valence-corrected chi connectivity index (χ3v) is 3.35. The van der Waals surface area contributed by atoms with Gasteiger partial charge in [0.2, 0.25) is 5.82 Å². The van der Waals surface area contributed by atoms with E-state index in [0.717, 1.165) is 12.4 Å². The Morgan fingerprint density at radius 3 is 2.72 bits per heavy atom. The number of nitrogens with zero attached hydrogens (tertiary/aromatic N) is 2. The van der Waals surface area contributed by atoms with Gasteiger partial charge in [-0.25, -0.2) is 9.47 Å². The lowest BCUT2D eigenvalue weighted by Crippen LogP contribution is -2.37. The highest BCUT2D eigenvalue weighted by Gasteiger charge is 2.36. The van der Waals surface area contributed by atoms with Gasteiger partial charge in [0.15, 0.2) is 5.69 Å². The maximum atomic E-state index is 4.52. The van der Waals surface area contributed by atoms with Crippen LogP contribution in [0.5, 0.6) is 0 Å². The van der Waals surface area contributed by atoms with Gasteiger partial charge in [0.25, 0.3) is 0 Å². The lowest BCUT2D eigenvalue weighted by molar-refractivity contribution is 0.553. The molecule has 18 heavy (non-hydrogen) atoms. The molecule has 1 aromatic heterocycles. The van der Waals surface area contributed by atoms with E-state index < -0.39 is 0 Å². The number of benzene rings is 1. The van der Waals surface area contributed by atoms with Gasteiger partial charge in [0.1, 0.15) is 12.7 Å². The molecule has 0 saturated carbocycles. The van der Waals surface area contributed by atoms with Gasteiger partial charge in [-0.3, -0.25) is 0 Å². The topological polar surface area (TPSA) is 12.9 Å². The van der Waals surface area contributed by atoms with Crippen LogP contribution in [0.2, 0.25) is 0 Å². The minimum Gasteiger partial charge on any atom is -0.213 e. The number of hydrogen-bond acceptors (Lipinski definition) is 1. The number of fused-ring (bicyclic) bond motifs is 1. The first-order valence-electron chi connectivity index (χ1n) is 6.06. The lowest BCUT2D eigenvalue weighted by atomic mass is 10.2. The maximum Gasteiger partial charge on any atom is 0.237 e. The summed E-state index contributed by atoms with van der Waals surface area (Å²) in [6, 6.07) is 14.5. The summed E-state index contributed by atoms with van der Waals surface area (Å²) in [5.74, 6) is 1.03. The predicted molar refractivity (Wildman–Crippen MR) is 76.2 cm³/mol. The van der Waals surface area contributed by atoms with Crippen molar-refractivity contribution < 1.29 is 0 Å². The Morgan fingerprint density at radius 1 is 1.11 bits per heavy atom. The Kier molecular flexibility index (Phi) is 2.58. The SMILES string of the molecule is C=CC[N+]1(c2ccccn2)C=Cc2ccccc21. The number of quaternary nitrogens is 1. The van der Waals surface area contributed by atoms with E-state index in [0.29, 0.717) is 4.48 Å². The van der Waals surface area contributed by atoms with Crippen molar-refractivity contribution in [2.75, 3.05) is 6.54 Å². The molecule has 0 amide bonds.